The molecule has 0 atom stereocenters. The molecule has 2 heteroatoms. The van der Waals surface area contributed by atoms with E-state index in [1.807, 2.05) is 65.0 Å². The normalized spacial score (nSPS) is 13.0. The molecule has 0 unspecified atom stereocenters. The molecule has 0 N–H and O–H groups in total. The van der Waals surface area contributed by atoms with Crippen molar-refractivity contribution in [3.63, 3.8) is 0 Å². The molecule has 0 aliphatic heterocycles. The Morgan fingerprint density at radius 3 is 1.15 bits per heavy atom. The van der Waals surface area contributed by atoms with E-state index in [0.717, 1.165) is 122 Å². The minimum atomic E-state index is -1.22. The van der Waals surface area contributed by atoms with E-state index in [0.29, 0.717) is 5.56 Å². The Bertz CT molecular complexity index is 4660. The van der Waals surface area contributed by atoms with Crippen LogP contribution in [0.5, 0.6) is 0 Å². The Morgan fingerprint density at radius 2 is 0.692 bits per heavy atom. The van der Waals surface area contributed by atoms with Crippen molar-refractivity contribution in [1.82, 2.24) is 0 Å². The number of hydrogen-bond acceptors (Lipinski definition) is 2. The SMILES string of the molecule is [2H]C(C)(C)c1cc(C([2H])(C)C)c(-c2ccc3c(c2)-c2ccc(C#N)cc2-c2ccccc2-c2ccccc2-3)c(C([2H])(C)C)c1-c1ccc2c(c1)-c1ccccc1-c1ccccc1-c1cc(-c3cccc4c3sc3ccccc34)ccc1-2. The topological polar surface area (TPSA) is 23.8 Å². The smallest absolute Gasteiger partial charge is 0.0991 e. The molecule has 12 aromatic rings. The number of rotatable bonds is 6. The van der Waals surface area contributed by atoms with E-state index in [2.05, 4.69) is 212 Å². The first-order valence-corrected chi connectivity index (χ1v) is 27.9. The van der Waals surface area contributed by atoms with Crippen molar-refractivity contribution < 1.29 is 4.11 Å². The van der Waals surface area contributed by atoms with Gasteiger partial charge in [0.05, 0.1) is 11.6 Å². The van der Waals surface area contributed by atoms with E-state index in [1.54, 1.807) is 0 Å². The number of fused-ring (bicyclic) bond motifs is 19. The van der Waals surface area contributed by atoms with Gasteiger partial charge >= 0.3 is 0 Å². The van der Waals surface area contributed by atoms with Crippen LogP contribution in [0.3, 0.4) is 0 Å². The predicted molar refractivity (Wildman–Crippen MR) is 333 cm³/mol. The van der Waals surface area contributed by atoms with Crippen molar-refractivity contribution in [2.75, 3.05) is 0 Å². The van der Waals surface area contributed by atoms with Gasteiger partial charge in [0.25, 0.3) is 0 Å². The van der Waals surface area contributed by atoms with Gasteiger partial charge in [-0.1, -0.05) is 224 Å². The van der Waals surface area contributed by atoms with E-state index in [4.69, 9.17) is 0 Å². The maximum Gasteiger partial charge on any atom is 0.0991 e. The van der Waals surface area contributed by atoms with Gasteiger partial charge in [0, 0.05) is 24.3 Å². The molecule has 78 heavy (non-hydrogen) atoms. The molecule has 14 rings (SSSR count). The van der Waals surface area contributed by atoms with Gasteiger partial charge in [-0.3, -0.25) is 0 Å². The maximum absolute atomic E-state index is 10.4. The second-order valence-corrected chi connectivity index (χ2v) is 22.8. The Hall–Kier alpha value is -8.87. The summed E-state index contributed by atoms with van der Waals surface area (Å²) in [7, 11) is 0. The van der Waals surface area contributed by atoms with Crippen LogP contribution in [0.1, 0.15) is 85.6 Å². The maximum atomic E-state index is 10.4. The zero-order chi connectivity index (χ0) is 55.7. The van der Waals surface area contributed by atoms with Gasteiger partial charge in [0.2, 0.25) is 0 Å². The second-order valence-electron chi connectivity index (χ2n) is 21.7. The number of nitrogens with zero attached hydrogens (tertiary/aromatic N) is 1. The monoisotopic (exact) mass is 1020 g/mol. The zero-order valence-corrected chi connectivity index (χ0v) is 45.5. The molecule has 0 saturated heterocycles. The third-order valence-electron chi connectivity index (χ3n) is 16.4. The third-order valence-corrected chi connectivity index (χ3v) is 17.7. The van der Waals surface area contributed by atoms with E-state index >= 15 is 0 Å². The summed E-state index contributed by atoms with van der Waals surface area (Å²) >= 11 is 1.85. The first-order valence-electron chi connectivity index (χ1n) is 28.5. The lowest BCUT2D eigenvalue weighted by molar-refractivity contribution is 0.811. The summed E-state index contributed by atoms with van der Waals surface area (Å²) in [4.78, 5) is 0. The lowest BCUT2D eigenvalue weighted by Crippen LogP contribution is -2.08. The van der Waals surface area contributed by atoms with Gasteiger partial charge in [-0.15, -0.1) is 11.3 Å². The van der Waals surface area contributed by atoms with Crippen molar-refractivity contribution in [2.45, 2.75) is 59.2 Å². The summed E-state index contributed by atoms with van der Waals surface area (Å²) in [6.45, 7) is 11.7. The minimum Gasteiger partial charge on any atom is -0.192 e. The molecule has 0 radical (unpaired) electrons. The highest BCUT2D eigenvalue weighted by Gasteiger charge is 2.30. The first-order chi connectivity index (χ1) is 39.0. The summed E-state index contributed by atoms with van der Waals surface area (Å²) in [5.74, 6) is -3.48. The highest BCUT2D eigenvalue weighted by molar-refractivity contribution is 7.26. The lowest BCUT2D eigenvalue weighted by Gasteiger charge is -2.30. The molecule has 2 aliphatic rings. The third kappa shape index (κ3) is 7.48. The molecule has 0 spiro atoms. The van der Waals surface area contributed by atoms with Gasteiger partial charge in [0.1, 0.15) is 0 Å². The average Bonchev–Trinajstić information content (AvgIpc) is 4.00. The van der Waals surface area contributed by atoms with Crippen molar-refractivity contribution in [2.24, 2.45) is 0 Å². The van der Waals surface area contributed by atoms with Crippen LogP contribution in [-0.4, -0.2) is 0 Å². The Labute approximate surface area is 466 Å². The molecular formula is C76H57NS. The predicted octanol–water partition coefficient (Wildman–Crippen LogP) is 22.3. The minimum absolute atomic E-state index is 0.585. The van der Waals surface area contributed by atoms with E-state index in [-0.39, 0.29) is 0 Å². The van der Waals surface area contributed by atoms with Crippen LogP contribution in [0, 0.1) is 11.3 Å². The lowest BCUT2D eigenvalue weighted by atomic mass is 9.74. The van der Waals surface area contributed by atoms with Crippen molar-refractivity contribution in [3.8, 4) is 128 Å². The Morgan fingerprint density at radius 1 is 0.333 bits per heavy atom. The number of benzene rings is 11. The fourth-order valence-corrected chi connectivity index (χ4v) is 14.2. The van der Waals surface area contributed by atoms with E-state index < -0.39 is 17.7 Å². The molecule has 0 fully saturated rings. The molecule has 372 valence electrons. The summed E-state index contributed by atoms with van der Waals surface area (Å²) in [6.07, 6.45) is 0. The van der Waals surface area contributed by atoms with Gasteiger partial charge in [-0.25, -0.2) is 0 Å². The Kier molecular flexibility index (Phi) is 10.6. The van der Waals surface area contributed by atoms with E-state index in [1.165, 1.54) is 36.9 Å². The molecule has 1 heterocycles. The quantitative estimate of drug-likeness (QED) is 0.163. The van der Waals surface area contributed by atoms with Crippen molar-refractivity contribution in [3.05, 3.63) is 241 Å². The molecule has 0 saturated carbocycles. The fraction of sp³-hybridized carbons (Fsp3) is 0.118. The summed E-state index contributed by atoms with van der Waals surface area (Å²) < 4.78 is 33.0. The van der Waals surface area contributed by atoms with Gasteiger partial charge < -0.3 is 0 Å². The van der Waals surface area contributed by atoms with Crippen LogP contribution in [0.15, 0.2) is 218 Å². The molecule has 0 amide bonds. The zero-order valence-electron chi connectivity index (χ0n) is 47.6. The van der Waals surface area contributed by atoms with E-state index in [9.17, 15) is 9.37 Å². The molecule has 0 bridgehead atoms. The van der Waals surface area contributed by atoms with Gasteiger partial charge in [-0.2, -0.15) is 5.26 Å². The van der Waals surface area contributed by atoms with Crippen molar-refractivity contribution >= 4 is 31.5 Å². The van der Waals surface area contributed by atoms with Crippen molar-refractivity contribution in [1.29, 1.82) is 5.26 Å². The molecule has 1 aromatic heterocycles. The molecule has 2 aliphatic carbocycles. The number of hydrogen-bond donors (Lipinski definition) is 0. The molecule has 11 aromatic carbocycles. The average molecular weight is 1020 g/mol. The highest BCUT2D eigenvalue weighted by atomic mass is 32.1. The summed E-state index contributed by atoms with van der Waals surface area (Å²) in [5.41, 5.74) is 26.2. The highest BCUT2D eigenvalue weighted by Crippen LogP contribution is 2.54. The van der Waals surface area contributed by atoms with Crippen LogP contribution in [0.4, 0.5) is 0 Å². The second kappa shape index (κ2) is 18.7. The van der Waals surface area contributed by atoms with Crippen LogP contribution >= 0.6 is 11.3 Å². The van der Waals surface area contributed by atoms with Crippen LogP contribution < -0.4 is 0 Å². The number of thiophene rings is 1. The summed E-state index contributed by atoms with van der Waals surface area (Å²) in [5, 5.41) is 12.8. The summed E-state index contributed by atoms with van der Waals surface area (Å²) in [6, 6.07) is 81.0. The standard InChI is InChI=1S/C76H57NS/c1-44(2)66-42-67(45(3)4)75(50-32-36-60-56-22-8-7-18-52(56)53-19-9-12-23-57(53)68-38-47(43-77)30-34-63(68)71(60)41-50)73(46(5)6)74(66)49-33-37-62-61-35-31-48(51-27-17-28-65-64-26-15-16-29-72(64)78-76(51)65)39-69(61)58-24-13-10-20-54(58)55-21-11-14-25-59(55)70(62)40-49/h7-42,44-46H,1-6H3/i44D,45D,46D. The van der Waals surface area contributed by atoms with Crippen LogP contribution in [0.2, 0.25) is 0 Å². The van der Waals surface area contributed by atoms with Crippen LogP contribution in [0.25, 0.3) is 143 Å². The van der Waals surface area contributed by atoms with Gasteiger partial charge in [-0.05, 0) is 193 Å². The largest absolute Gasteiger partial charge is 0.192 e. The Balaban J connectivity index is 1.04. The van der Waals surface area contributed by atoms with Gasteiger partial charge in [0.15, 0.2) is 0 Å². The molecular weight excluding hydrogens is 959 g/mol. The fourth-order valence-electron chi connectivity index (χ4n) is 12.9. The molecule has 1 nitrogen and oxygen atoms in total. The van der Waals surface area contributed by atoms with Crippen LogP contribution in [-0.2, 0) is 0 Å². The number of nitriles is 1. The first kappa shape index (κ1) is 44.3.